The molecule has 3 aromatic rings. The highest BCUT2D eigenvalue weighted by molar-refractivity contribution is 5.95. The molecule has 4 N–H and O–H groups in total. The van der Waals surface area contributed by atoms with Crippen LogP contribution in [0.15, 0.2) is 54.9 Å². The van der Waals surface area contributed by atoms with Gasteiger partial charge in [-0.25, -0.2) is 19.9 Å². The third-order valence-corrected chi connectivity index (χ3v) is 3.94. The molecule has 29 heavy (non-hydrogen) atoms. The van der Waals surface area contributed by atoms with Gasteiger partial charge in [-0.05, 0) is 23.8 Å². The van der Waals surface area contributed by atoms with Gasteiger partial charge in [0.15, 0.2) is 11.4 Å². The summed E-state index contributed by atoms with van der Waals surface area (Å²) in [6.45, 7) is 0.232. The zero-order valence-corrected chi connectivity index (χ0v) is 16.0. The van der Waals surface area contributed by atoms with E-state index in [0.717, 1.165) is 11.4 Å². The Bertz CT molecular complexity index is 985. The molecule has 0 saturated heterocycles. The molecule has 150 valence electrons. The lowest BCUT2D eigenvalue weighted by molar-refractivity contribution is 0.0928. The summed E-state index contributed by atoms with van der Waals surface area (Å²) in [4.78, 5) is 30.2. The van der Waals surface area contributed by atoms with Crippen LogP contribution < -0.4 is 21.1 Å². The molecular weight excluding hydrogens is 374 g/mol. The van der Waals surface area contributed by atoms with Crippen LogP contribution in [0.25, 0.3) is 5.69 Å². The number of pyridine rings is 1. The van der Waals surface area contributed by atoms with E-state index in [0.29, 0.717) is 5.69 Å². The summed E-state index contributed by atoms with van der Waals surface area (Å²) in [6.07, 6.45) is 2.97. The SMILES string of the molecule is CN(C)c1ccc(CNC(=O)NNC(=O)c2nn(-c3ccccc3)cc2O)cn1. The van der Waals surface area contributed by atoms with Gasteiger partial charge in [0.25, 0.3) is 5.91 Å². The zero-order valence-electron chi connectivity index (χ0n) is 16.0. The predicted molar refractivity (Wildman–Crippen MR) is 107 cm³/mol. The second-order valence-corrected chi connectivity index (χ2v) is 6.32. The first kappa shape index (κ1) is 19.7. The molecule has 3 amide bonds. The largest absolute Gasteiger partial charge is 0.504 e. The number of hydrogen-bond acceptors (Lipinski definition) is 6. The van der Waals surface area contributed by atoms with Crippen LogP contribution in [0.2, 0.25) is 0 Å². The van der Waals surface area contributed by atoms with E-state index in [-0.39, 0.29) is 18.0 Å². The number of nitrogens with zero attached hydrogens (tertiary/aromatic N) is 4. The summed E-state index contributed by atoms with van der Waals surface area (Å²) in [7, 11) is 3.77. The first-order valence-corrected chi connectivity index (χ1v) is 8.74. The van der Waals surface area contributed by atoms with Gasteiger partial charge in [0.2, 0.25) is 0 Å². The fourth-order valence-corrected chi connectivity index (χ4v) is 2.42. The van der Waals surface area contributed by atoms with Crippen molar-refractivity contribution in [2.24, 2.45) is 0 Å². The Morgan fingerprint density at radius 1 is 1.10 bits per heavy atom. The van der Waals surface area contributed by atoms with E-state index < -0.39 is 11.9 Å². The normalized spacial score (nSPS) is 10.3. The van der Waals surface area contributed by atoms with Crippen LogP contribution in [-0.4, -0.2) is 45.9 Å². The molecule has 2 heterocycles. The Morgan fingerprint density at radius 3 is 2.52 bits per heavy atom. The Labute approximate surface area is 167 Å². The van der Waals surface area contributed by atoms with E-state index in [1.807, 2.05) is 49.3 Å². The highest BCUT2D eigenvalue weighted by Crippen LogP contribution is 2.17. The van der Waals surface area contributed by atoms with Crippen LogP contribution in [0.3, 0.4) is 0 Å². The summed E-state index contributed by atoms with van der Waals surface area (Å²) in [5, 5.41) is 16.6. The van der Waals surface area contributed by atoms with Crippen LogP contribution in [0, 0.1) is 0 Å². The molecule has 0 bridgehead atoms. The number of nitrogens with one attached hydrogen (secondary N) is 3. The second kappa shape index (κ2) is 8.74. The van der Waals surface area contributed by atoms with Crippen LogP contribution in [0.4, 0.5) is 10.6 Å². The zero-order chi connectivity index (χ0) is 20.8. The van der Waals surface area contributed by atoms with Gasteiger partial charge >= 0.3 is 6.03 Å². The smallest absolute Gasteiger partial charge is 0.333 e. The third kappa shape index (κ3) is 5.01. The van der Waals surface area contributed by atoms with E-state index in [1.165, 1.54) is 10.9 Å². The van der Waals surface area contributed by atoms with E-state index in [9.17, 15) is 14.7 Å². The Kier molecular flexibility index (Phi) is 5.93. The summed E-state index contributed by atoms with van der Waals surface area (Å²) in [5.74, 6) is -0.245. The van der Waals surface area contributed by atoms with Gasteiger partial charge in [-0.3, -0.25) is 10.2 Å². The quantitative estimate of drug-likeness (QED) is 0.481. The summed E-state index contributed by atoms with van der Waals surface area (Å²) >= 11 is 0. The summed E-state index contributed by atoms with van der Waals surface area (Å²) in [5.41, 5.74) is 5.70. The Morgan fingerprint density at radius 2 is 1.86 bits per heavy atom. The van der Waals surface area contributed by atoms with Crippen molar-refractivity contribution in [2.75, 3.05) is 19.0 Å². The highest BCUT2D eigenvalue weighted by atomic mass is 16.3. The number of amides is 3. The lowest BCUT2D eigenvalue weighted by atomic mass is 10.3. The van der Waals surface area contributed by atoms with Gasteiger partial charge in [0, 0.05) is 26.8 Å². The molecule has 1 aromatic carbocycles. The number of carbonyl (C=O) groups excluding carboxylic acids is 2. The molecule has 0 saturated carbocycles. The molecule has 0 aliphatic heterocycles. The van der Waals surface area contributed by atoms with Crippen LogP contribution in [0.1, 0.15) is 16.1 Å². The van der Waals surface area contributed by atoms with Crippen LogP contribution in [0.5, 0.6) is 5.75 Å². The molecule has 0 aliphatic rings. The van der Waals surface area contributed by atoms with E-state index in [1.54, 1.807) is 18.3 Å². The third-order valence-electron chi connectivity index (χ3n) is 3.94. The number of aromatic nitrogens is 3. The molecule has 10 nitrogen and oxygen atoms in total. The van der Waals surface area contributed by atoms with Crippen LogP contribution in [-0.2, 0) is 6.54 Å². The molecule has 0 spiro atoms. The molecule has 2 aromatic heterocycles. The first-order valence-electron chi connectivity index (χ1n) is 8.74. The average molecular weight is 395 g/mol. The number of aromatic hydroxyl groups is 1. The van der Waals surface area contributed by atoms with Crippen molar-refractivity contribution in [3.05, 3.63) is 66.1 Å². The van der Waals surface area contributed by atoms with E-state index in [2.05, 4.69) is 26.3 Å². The van der Waals surface area contributed by atoms with E-state index in [4.69, 9.17) is 0 Å². The van der Waals surface area contributed by atoms with Gasteiger partial charge in [-0.2, -0.15) is 5.10 Å². The Hall–Kier alpha value is -4.08. The van der Waals surface area contributed by atoms with Crippen molar-refractivity contribution in [3.63, 3.8) is 0 Å². The molecule has 0 atom stereocenters. The van der Waals surface area contributed by atoms with Crippen molar-refractivity contribution >= 4 is 17.8 Å². The molecule has 0 unspecified atom stereocenters. The van der Waals surface area contributed by atoms with Crippen molar-refractivity contribution in [1.82, 2.24) is 30.9 Å². The van der Waals surface area contributed by atoms with Gasteiger partial charge in [-0.15, -0.1) is 0 Å². The van der Waals surface area contributed by atoms with Crippen LogP contribution >= 0.6 is 0 Å². The number of hydrazine groups is 1. The monoisotopic (exact) mass is 395 g/mol. The molecule has 3 rings (SSSR count). The molecular formula is C19H21N7O3. The molecule has 0 radical (unpaired) electrons. The summed E-state index contributed by atoms with van der Waals surface area (Å²) < 4.78 is 1.37. The minimum atomic E-state index is -0.746. The van der Waals surface area contributed by atoms with Gasteiger partial charge < -0.3 is 15.3 Å². The van der Waals surface area contributed by atoms with Gasteiger partial charge in [0.05, 0.1) is 11.9 Å². The molecule has 10 heteroatoms. The Balaban J connectivity index is 1.51. The fourth-order valence-electron chi connectivity index (χ4n) is 2.42. The number of urea groups is 1. The maximum absolute atomic E-state index is 12.2. The van der Waals surface area contributed by atoms with Crippen molar-refractivity contribution in [1.29, 1.82) is 0 Å². The number of benzene rings is 1. The maximum Gasteiger partial charge on any atom is 0.333 e. The predicted octanol–water partition coefficient (Wildman–Crippen LogP) is 1.18. The fraction of sp³-hybridized carbons (Fsp3) is 0.158. The summed E-state index contributed by atoms with van der Waals surface area (Å²) in [6, 6.07) is 12.1. The van der Waals surface area contributed by atoms with Crippen molar-refractivity contribution in [2.45, 2.75) is 6.54 Å². The second-order valence-electron chi connectivity index (χ2n) is 6.32. The standard InChI is InChI=1S/C19H21N7O3/c1-25(2)16-9-8-13(10-20-16)11-21-19(29)23-22-18(28)17-15(27)12-26(24-17)14-6-4-3-5-7-14/h3-10,12,27H,11H2,1-2H3,(H,22,28)(H2,21,23,29). The number of hydrogen-bond donors (Lipinski definition) is 4. The molecule has 0 fully saturated rings. The van der Waals surface area contributed by atoms with E-state index >= 15 is 0 Å². The first-order chi connectivity index (χ1) is 13.9. The lowest BCUT2D eigenvalue weighted by Gasteiger charge is -2.12. The highest BCUT2D eigenvalue weighted by Gasteiger charge is 2.17. The number of para-hydroxylation sites is 1. The van der Waals surface area contributed by atoms with Gasteiger partial charge in [0.1, 0.15) is 5.82 Å². The average Bonchev–Trinajstić information content (AvgIpc) is 3.13. The van der Waals surface area contributed by atoms with Crippen molar-refractivity contribution in [3.8, 4) is 11.4 Å². The van der Waals surface area contributed by atoms with Gasteiger partial charge in [-0.1, -0.05) is 24.3 Å². The maximum atomic E-state index is 12.2. The topological polar surface area (TPSA) is 124 Å². The molecule has 0 aliphatic carbocycles. The number of carbonyl (C=O) groups is 2. The van der Waals surface area contributed by atoms with Crippen molar-refractivity contribution < 1.29 is 14.7 Å². The lowest BCUT2D eigenvalue weighted by Crippen LogP contribution is -2.46. The number of anilines is 1. The minimum absolute atomic E-state index is 0.211. The number of rotatable bonds is 5. The minimum Gasteiger partial charge on any atom is -0.504 e.